The van der Waals surface area contributed by atoms with Crippen LogP contribution in [0.4, 0.5) is 0 Å². The Morgan fingerprint density at radius 1 is 1.31 bits per heavy atom. The maximum atomic E-state index is 5.86. The second-order valence-corrected chi connectivity index (χ2v) is 4.28. The third-order valence-corrected chi connectivity index (χ3v) is 3.02. The highest BCUT2D eigenvalue weighted by atomic mass is 14.7. The van der Waals surface area contributed by atoms with E-state index in [1.807, 2.05) is 0 Å². The number of benzene rings is 1. The summed E-state index contributed by atoms with van der Waals surface area (Å²) < 4.78 is 0. The number of aryl methyl sites for hydroxylation is 1. The Labute approximate surface area is 80.0 Å². The predicted octanol–water partition coefficient (Wildman–Crippen LogP) is 2.45. The Bertz CT molecular complexity index is 286. The lowest BCUT2D eigenvalue weighted by atomic mass is 10.1. The molecule has 1 aromatic rings. The van der Waals surface area contributed by atoms with Crippen molar-refractivity contribution < 1.29 is 0 Å². The zero-order valence-corrected chi connectivity index (χ0v) is 8.33. The van der Waals surface area contributed by atoms with Crippen LogP contribution in [0.15, 0.2) is 24.3 Å². The van der Waals surface area contributed by atoms with E-state index in [0.717, 1.165) is 11.8 Å². The van der Waals surface area contributed by atoms with Gasteiger partial charge in [-0.2, -0.15) is 0 Å². The van der Waals surface area contributed by atoms with Crippen LogP contribution in [0.5, 0.6) is 0 Å². The van der Waals surface area contributed by atoms with Gasteiger partial charge in [0.2, 0.25) is 0 Å². The third kappa shape index (κ3) is 1.75. The molecule has 1 fully saturated rings. The van der Waals surface area contributed by atoms with Crippen molar-refractivity contribution in [3.05, 3.63) is 35.4 Å². The van der Waals surface area contributed by atoms with Gasteiger partial charge in [-0.05, 0) is 37.7 Å². The first-order valence-corrected chi connectivity index (χ1v) is 5.00. The third-order valence-electron chi connectivity index (χ3n) is 3.02. The minimum absolute atomic E-state index is 0.353. The van der Waals surface area contributed by atoms with Crippen LogP contribution in [0.25, 0.3) is 0 Å². The fourth-order valence-electron chi connectivity index (χ4n) is 1.99. The molecule has 2 rings (SSSR count). The zero-order valence-electron chi connectivity index (χ0n) is 8.33. The lowest BCUT2D eigenvalue weighted by Gasteiger charge is -2.04. The lowest BCUT2D eigenvalue weighted by Crippen LogP contribution is -2.17. The van der Waals surface area contributed by atoms with Crippen molar-refractivity contribution in [3.63, 3.8) is 0 Å². The lowest BCUT2D eigenvalue weighted by molar-refractivity contribution is 0.631. The molecule has 0 spiro atoms. The van der Waals surface area contributed by atoms with Gasteiger partial charge in [0.1, 0.15) is 0 Å². The molecule has 0 aliphatic heterocycles. The molecular formula is C12H17N. The van der Waals surface area contributed by atoms with Gasteiger partial charge in [-0.1, -0.05) is 29.8 Å². The molecule has 1 aromatic carbocycles. The van der Waals surface area contributed by atoms with Gasteiger partial charge in [0, 0.05) is 6.04 Å². The Morgan fingerprint density at radius 3 is 2.38 bits per heavy atom. The highest BCUT2D eigenvalue weighted by molar-refractivity contribution is 5.29. The first-order chi connectivity index (χ1) is 6.18. The van der Waals surface area contributed by atoms with Gasteiger partial charge in [0.25, 0.3) is 0 Å². The summed E-state index contributed by atoms with van der Waals surface area (Å²) in [5.74, 6) is 1.46. The number of hydrogen-bond donors (Lipinski definition) is 1. The van der Waals surface area contributed by atoms with E-state index < -0.39 is 0 Å². The highest BCUT2D eigenvalue weighted by Gasteiger charge is 2.40. The molecule has 1 nitrogen and oxygen atoms in total. The normalized spacial score (nSPS) is 28.5. The standard InChI is InChI=1S/C12H17N/c1-8-3-5-10(6-4-8)12-7-11(12)9(2)13/h3-6,9,11-12H,7,13H2,1-2H3/t9-,11-,12-/m1/s1. The highest BCUT2D eigenvalue weighted by Crippen LogP contribution is 2.48. The molecule has 0 bridgehead atoms. The number of nitrogens with two attached hydrogens (primary N) is 1. The second kappa shape index (κ2) is 3.15. The van der Waals surface area contributed by atoms with E-state index in [1.165, 1.54) is 17.5 Å². The molecule has 1 aliphatic rings. The van der Waals surface area contributed by atoms with Crippen molar-refractivity contribution >= 4 is 0 Å². The van der Waals surface area contributed by atoms with Gasteiger partial charge >= 0.3 is 0 Å². The zero-order chi connectivity index (χ0) is 9.42. The predicted molar refractivity (Wildman–Crippen MR) is 55.7 cm³/mol. The fraction of sp³-hybridized carbons (Fsp3) is 0.500. The molecule has 0 aromatic heterocycles. The molecule has 0 saturated heterocycles. The van der Waals surface area contributed by atoms with E-state index in [-0.39, 0.29) is 0 Å². The van der Waals surface area contributed by atoms with Gasteiger partial charge in [0.05, 0.1) is 0 Å². The van der Waals surface area contributed by atoms with E-state index in [4.69, 9.17) is 5.73 Å². The van der Waals surface area contributed by atoms with Crippen LogP contribution in [0, 0.1) is 12.8 Å². The Kier molecular flexibility index (Phi) is 2.12. The monoisotopic (exact) mass is 175 g/mol. The van der Waals surface area contributed by atoms with E-state index in [0.29, 0.717) is 6.04 Å². The molecule has 0 amide bonds. The topological polar surface area (TPSA) is 26.0 Å². The molecular weight excluding hydrogens is 158 g/mol. The van der Waals surface area contributed by atoms with Gasteiger partial charge in [-0.15, -0.1) is 0 Å². The first kappa shape index (κ1) is 8.76. The van der Waals surface area contributed by atoms with Crippen LogP contribution in [0.1, 0.15) is 30.4 Å². The fourth-order valence-corrected chi connectivity index (χ4v) is 1.99. The summed E-state index contributed by atoms with van der Waals surface area (Å²) >= 11 is 0. The maximum Gasteiger partial charge on any atom is 0.00448 e. The number of hydrogen-bond acceptors (Lipinski definition) is 1. The van der Waals surface area contributed by atoms with Crippen LogP contribution in [0.3, 0.4) is 0 Å². The summed E-state index contributed by atoms with van der Waals surface area (Å²) in [4.78, 5) is 0. The first-order valence-electron chi connectivity index (χ1n) is 5.00. The average Bonchev–Trinajstić information content (AvgIpc) is 2.85. The van der Waals surface area contributed by atoms with Crippen molar-refractivity contribution in [1.82, 2.24) is 0 Å². The van der Waals surface area contributed by atoms with Crippen molar-refractivity contribution in [1.29, 1.82) is 0 Å². The second-order valence-electron chi connectivity index (χ2n) is 4.28. The minimum atomic E-state index is 0.353. The summed E-state index contributed by atoms with van der Waals surface area (Å²) in [6.45, 7) is 4.23. The van der Waals surface area contributed by atoms with Crippen molar-refractivity contribution in [2.75, 3.05) is 0 Å². The largest absolute Gasteiger partial charge is 0.328 e. The summed E-state index contributed by atoms with van der Waals surface area (Å²) in [6.07, 6.45) is 1.28. The van der Waals surface area contributed by atoms with Crippen LogP contribution in [0.2, 0.25) is 0 Å². The van der Waals surface area contributed by atoms with Crippen molar-refractivity contribution in [2.45, 2.75) is 32.2 Å². The summed E-state index contributed by atoms with van der Waals surface area (Å²) in [6, 6.07) is 9.20. The quantitative estimate of drug-likeness (QED) is 0.734. The van der Waals surface area contributed by atoms with E-state index in [1.54, 1.807) is 0 Å². The maximum absolute atomic E-state index is 5.86. The molecule has 1 saturated carbocycles. The summed E-state index contributed by atoms with van der Waals surface area (Å²) in [5, 5.41) is 0. The number of rotatable bonds is 2. The van der Waals surface area contributed by atoms with Gasteiger partial charge in [-0.25, -0.2) is 0 Å². The molecule has 2 N–H and O–H groups in total. The molecule has 1 heteroatoms. The van der Waals surface area contributed by atoms with E-state index >= 15 is 0 Å². The van der Waals surface area contributed by atoms with Crippen LogP contribution in [-0.2, 0) is 0 Å². The summed E-state index contributed by atoms with van der Waals surface area (Å²) in [5.41, 5.74) is 8.66. The SMILES string of the molecule is Cc1ccc([C@H]2C[C@@H]2[C@@H](C)N)cc1. The molecule has 0 unspecified atom stereocenters. The Balaban J connectivity index is 2.08. The van der Waals surface area contributed by atoms with E-state index in [9.17, 15) is 0 Å². The minimum Gasteiger partial charge on any atom is -0.328 e. The Hall–Kier alpha value is -0.820. The van der Waals surface area contributed by atoms with Gasteiger partial charge in [0.15, 0.2) is 0 Å². The van der Waals surface area contributed by atoms with E-state index in [2.05, 4.69) is 38.1 Å². The molecule has 3 atom stereocenters. The molecule has 0 radical (unpaired) electrons. The molecule has 70 valence electrons. The molecule has 0 heterocycles. The van der Waals surface area contributed by atoms with Crippen LogP contribution < -0.4 is 5.73 Å². The smallest absolute Gasteiger partial charge is 0.00448 e. The van der Waals surface area contributed by atoms with Crippen molar-refractivity contribution in [3.8, 4) is 0 Å². The molecule has 13 heavy (non-hydrogen) atoms. The van der Waals surface area contributed by atoms with Crippen LogP contribution >= 0.6 is 0 Å². The average molecular weight is 175 g/mol. The van der Waals surface area contributed by atoms with Gasteiger partial charge < -0.3 is 5.73 Å². The van der Waals surface area contributed by atoms with Crippen molar-refractivity contribution in [2.24, 2.45) is 11.7 Å². The van der Waals surface area contributed by atoms with Gasteiger partial charge in [-0.3, -0.25) is 0 Å². The Morgan fingerprint density at radius 2 is 1.92 bits per heavy atom. The molecule has 1 aliphatic carbocycles. The summed E-state index contributed by atoms with van der Waals surface area (Å²) in [7, 11) is 0. The van der Waals surface area contributed by atoms with Crippen LogP contribution in [-0.4, -0.2) is 6.04 Å².